The number of carbonyl (C=O) groups excluding carboxylic acids is 2. The third-order valence-corrected chi connectivity index (χ3v) is 4.78. The number of amides is 1. The average Bonchev–Trinajstić information content (AvgIpc) is 2.73. The van der Waals surface area contributed by atoms with Gasteiger partial charge in [0.05, 0.1) is 12.9 Å². The lowest BCUT2D eigenvalue weighted by Crippen LogP contribution is -2.14. The monoisotopic (exact) mass is 293 g/mol. The topological polar surface area (TPSA) is 95.2 Å². The van der Waals surface area contributed by atoms with Crippen LogP contribution in [0.15, 0.2) is 8.68 Å². The van der Waals surface area contributed by atoms with E-state index in [0.717, 1.165) is 0 Å². The maximum Gasteiger partial charge on any atom is 0.318 e. The highest BCUT2D eigenvalue weighted by molar-refractivity contribution is 8.04. The van der Waals surface area contributed by atoms with Gasteiger partial charge in [-0.2, -0.15) is 0 Å². The molecule has 6 nitrogen and oxygen atoms in total. The van der Waals surface area contributed by atoms with Gasteiger partial charge in [0.1, 0.15) is 5.25 Å². The Balaban J connectivity index is 2.50. The van der Waals surface area contributed by atoms with Crippen molar-refractivity contribution in [3.63, 3.8) is 0 Å². The average molecular weight is 293 g/mol. The summed E-state index contributed by atoms with van der Waals surface area (Å²) in [5, 5.41) is 7.45. The summed E-state index contributed by atoms with van der Waals surface area (Å²) in [5.74, 6) is -0.537. The summed E-state index contributed by atoms with van der Waals surface area (Å²) < 4.78 is 5.92. The quantitative estimate of drug-likeness (QED) is 0.611. The molecule has 1 rings (SSSR count). The molecule has 0 radical (unpaired) electrons. The van der Waals surface area contributed by atoms with Crippen LogP contribution >= 0.6 is 34.9 Å². The summed E-state index contributed by atoms with van der Waals surface area (Å²) in [6.45, 7) is 1.73. The van der Waals surface area contributed by atoms with E-state index >= 15 is 0 Å². The van der Waals surface area contributed by atoms with Gasteiger partial charge in [0.25, 0.3) is 0 Å². The van der Waals surface area contributed by atoms with Crippen LogP contribution in [0.2, 0.25) is 0 Å². The molecule has 94 valence electrons. The van der Waals surface area contributed by atoms with Gasteiger partial charge in [-0.15, -0.1) is 10.2 Å². The molecule has 0 saturated carbocycles. The number of hydrogen-bond acceptors (Lipinski definition) is 8. The number of rotatable bonds is 6. The molecule has 0 aliphatic heterocycles. The Hall–Kier alpha value is -0.800. The molecule has 17 heavy (non-hydrogen) atoms. The van der Waals surface area contributed by atoms with E-state index in [0.29, 0.717) is 8.68 Å². The van der Waals surface area contributed by atoms with Crippen LogP contribution in [-0.4, -0.2) is 40.2 Å². The number of nitrogens with zero attached hydrogens (tertiary/aromatic N) is 2. The molecule has 0 fully saturated rings. The van der Waals surface area contributed by atoms with Crippen LogP contribution in [0.25, 0.3) is 0 Å². The van der Waals surface area contributed by atoms with Gasteiger partial charge in [-0.05, 0) is 6.92 Å². The first kappa shape index (κ1) is 14.3. The van der Waals surface area contributed by atoms with Crippen molar-refractivity contribution in [3.8, 4) is 0 Å². The van der Waals surface area contributed by atoms with E-state index in [1.807, 2.05) is 0 Å². The predicted octanol–water partition coefficient (Wildman–Crippen LogP) is 0.769. The van der Waals surface area contributed by atoms with Crippen LogP contribution in [0.4, 0.5) is 0 Å². The first-order chi connectivity index (χ1) is 8.02. The molecule has 0 saturated heterocycles. The first-order valence-corrected chi connectivity index (χ1v) is 7.20. The molecular formula is C8H11N3O3S3. The van der Waals surface area contributed by atoms with Crippen LogP contribution in [0.1, 0.15) is 6.92 Å². The summed E-state index contributed by atoms with van der Waals surface area (Å²) in [6, 6.07) is 0. The summed E-state index contributed by atoms with van der Waals surface area (Å²) in [5.41, 5.74) is 5.02. The van der Waals surface area contributed by atoms with Gasteiger partial charge in [0.2, 0.25) is 5.91 Å². The van der Waals surface area contributed by atoms with Gasteiger partial charge in [-0.3, -0.25) is 9.59 Å². The van der Waals surface area contributed by atoms with Crippen molar-refractivity contribution in [2.75, 3.05) is 12.9 Å². The molecule has 1 amide bonds. The van der Waals surface area contributed by atoms with Crippen molar-refractivity contribution in [2.24, 2.45) is 5.73 Å². The summed E-state index contributed by atoms with van der Waals surface area (Å²) in [4.78, 5) is 21.8. The van der Waals surface area contributed by atoms with E-state index < -0.39 is 5.91 Å². The minimum atomic E-state index is -0.401. The Labute approximate surface area is 111 Å². The van der Waals surface area contributed by atoms with E-state index in [1.165, 1.54) is 42.0 Å². The fourth-order valence-corrected chi connectivity index (χ4v) is 3.73. The number of methoxy groups -OCH3 is 1. The second-order valence-electron chi connectivity index (χ2n) is 2.87. The maximum atomic E-state index is 11.2. The first-order valence-electron chi connectivity index (χ1n) is 4.52. The van der Waals surface area contributed by atoms with Crippen LogP contribution in [-0.2, 0) is 14.3 Å². The van der Waals surface area contributed by atoms with E-state index in [9.17, 15) is 9.59 Å². The van der Waals surface area contributed by atoms with Crippen LogP contribution < -0.4 is 5.73 Å². The molecule has 1 aromatic rings. The minimum absolute atomic E-state index is 0.172. The normalized spacial score (nSPS) is 12.1. The largest absolute Gasteiger partial charge is 0.468 e. The zero-order valence-corrected chi connectivity index (χ0v) is 11.7. The number of aromatic nitrogens is 2. The molecular weight excluding hydrogens is 282 g/mol. The van der Waals surface area contributed by atoms with Gasteiger partial charge in [-0.25, -0.2) is 0 Å². The molecule has 9 heteroatoms. The Morgan fingerprint density at radius 3 is 2.71 bits per heavy atom. The fraction of sp³-hybridized carbons (Fsp3) is 0.500. The van der Waals surface area contributed by atoms with Crippen molar-refractivity contribution in [1.29, 1.82) is 0 Å². The highest BCUT2D eigenvalue weighted by atomic mass is 32.2. The second-order valence-corrected chi connectivity index (χ2v) is 6.66. The SMILES string of the molecule is COC(=O)C(C)Sc1nnc(SCC(N)=O)s1. The van der Waals surface area contributed by atoms with Gasteiger partial charge >= 0.3 is 5.97 Å². The lowest BCUT2D eigenvalue weighted by Gasteiger charge is -2.04. The van der Waals surface area contributed by atoms with Crippen molar-refractivity contribution in [3.05, 3.63) is 0 Å². The molecule has 0 aliphatic carbocycles. The summed E-state index contributed by atoms with van der Waals surface area (Å²) >= 11 is 3.82. The molecule has 0 aliphatic rings. The zero-order chi connectivity index (χ0) is 12.8. The highest BCUT2D eigenvalue weighted by Crippen LogP contribution is 2.31. The second kappa shape index (κ2) is 6.82. The Morgan fingerprint density at radius 2 is 2.12 bits per heavy atom. The standard InChI is InChI=1S/C8H11N3O3S3/c1-4(6(13)14-2)16-8-11-10-7(17-8)15-3-5(9)12/h4H,3H2,1-2H3,(H2,9,12). The van der Waals surface area contributed by atoms with Gasteiger partial charge in [0, 0.05) is 0 Å². The molecule has 0 spiro atoms. The smallest absolute Gasteiger partial charge is 0.318 e. The van der Waals surface area contributed by atoms with Crippen molar-refractivity contribution < 1.29 is 14.3 Å². The zero-order valence-electron chi connectivity index (χ0n) is 9.21. The molecule has 1 unspecified atom stereocenters. The molecule has 0 bridgehead atoms. The van der Waals surface area contributed by atoms with Crippen molar-refractivity contribution in [2.45, 2.75) is 20.9 Å². The van der Waals surface area contributed by atoms with E-state index in [-0.39, 0.29) is 17.0 Å². The number of primary amides is 1. The van der Waals surface area contributed by atoms with Crippen molar-refractivity contribution in [1.82, 2.24) is 10.2 Å². The number of carbonyl (C=O) groups is 2. The number of hydrogen-bond donors (Lipinski definition) is 1. The Kier molecular flexibility index (Phi) is 5.72. The number of esters is 1. The van der Waals surface area contributed by atoms with Gasteiger partial charge < -0.3 is 10.5 Å². The third kappa shape index (κ3) is 4.92. The van der Waals surface area contributed by atoms with E-state index in [1.54, 1.807) is 6.92 Å². The number of nitrogens with two attached hydrogens (primary N) is 1. The Morgan fingerprint density at radius 1 is 1.47 bits per heavy atom. The fourth-order valence-electron chi connectivity index (χ4n) is 0.801. The van der Waals surface area contributed by atoms with Crippen LogP contribution in [0.5, 0.6) is 0 Å². The summed E-state index contributed by atoms with van der Waals surface area (Å²) in [7, 11) is 1.34. The minimum Gasteiger partial charge on any atom is -0.468 e. The molecule has 2 N–H and O–H groups in total. The Bertz CT molecular complexity index is 410. The van der Waals surface area contributed by atoms with Crippen LogP contribution in [0, 0.1) is 0 Å². The molecule has 1 aromatic heterocycles. The summed E-state index contributed by atoms with van der Waals surface area (Å²) in [6.07, 6.45) is 0. The van der Waals surface area contributed by atoms with Crippen LogP contribution in [0.3, 0.4) is 0 Å². The molecule has 0 aromatic carbocycles. The highest BCUT2D eigenvalue weighted by Gasteiger charge is 2.17. The van der Waals surface area contributed by atoms with Gasteiger partial charge in [-0.1, -0.05) is 34.9 Å². The number of thioether (sulfide) groups is 2. The van der Waals surface area contributed by atoms with Gasteiger partial charge in [0.15, 0.2) is 8.68 Å². The third-order valence-electron chi connectivity index (χ3n) is 1.54. The molecule has 1 heterocycles. The maximum absolute atomic E-state index is 11.2. The lowest BCUT2D eigenvalue weighted by molar-refractivity contribution is -0.139. The van der Waals surface area contributed by atoms with Crippen molar-refractivity contribution >= 4 is 46.7 Å². The van der Waals surface area contributed by atoms with E-state index in [2.05, 4.69) is 14.9 Å². The lowest BCUT2D eigenvalue weighted by atomic mass is 10.5. The predicted molar refractivity (Wildman–Crippen MR) is 67.2 cm³/mol. The number of ether oxygens (including phenoxy) is 1. The van der Waals surface area contributed by atoms with E-state index in [4.69, 9.17) is 5.73 Å². The molecule has 1 atom stereocenters.